The van der Waals surface area contributed by atoms with Crippen LogP contribution in [0.3, 0.4) is 0 Å². The first-order valence-corrected chi connectivity index (χ1v) is 5.53. The molecule has 0 atom stereocenters. The predicted molar refractivity (Wildman–Crippen MR) is 67.8 cm³/mol. The Hall–Kier alpha value is -1.62. The molecule has 0 fully saturated rings. The fourth-order valence-corrected chi connectivity index (χ4v) is 1.47. The Morgan fingerprint density at radius 1 is 1.53 bits per heavy atom. The lowest BCUT2D eigenvalue weighted by Gasteiger charge is -2.21. The van der Waals surface area contributed by atoms with Crippen LogP contribution in [0.15, 0.2) is 29.3 Å². The highest BCUT2D eigenvalue weighted by atomic mass is 19.1. The van der Waals surface area contributed by atoms with E-state index in [0.29, 0.717) is 12.5 Å². The summed E-state index contributed by atoms with van der Waals surface area (Å²) in [5, 5.41) is 0. The summed E-state index contributed by atoms with van der Waals surface area (Å²) in [6, 6.07) is 6.63. The van der Waals surface area contributed by atoms with Crippen LogP contribution in [0, 0.1) is 5.82 Å². The molecule has 1 aromatic rings. The van der Waals surface area contributed by atoms with Crippen molar-refractivity contribution in [1.82, 2.24) is 10.3 Å². The average Bonchev–Trinajstić information content (AvgIpc) is 2.25. The molecule has 0 unspecified atom stereocenters. The van der Waals surface area contributed by atoms with E-state index in [1.165, 1.54) is 12.1 Å². The van der Waals surface area contributed by atoms with Crippen LogP contribution in [0.25, 0.3) is 0 Å². The zero-order valence-electron chi connectivity index (χ0n) is 10.4. The lowest BCUT2D eigenvalue weighted by atomic mass is 10.2. The van der Waals surface area contributed by atoms with Crippen molar-refractivity contribution in [3.8, 4) is 0 Å². The van der Waals surface area contributed by atoms with Crippen molar-refractivity contribution < 1.29 is 4.39 Å². The highest BCUT2D eigenvalue weighted by Crippen LogP contribution is 2.06. The Bertz CT molecular complexity index is 390. The van der Waals surface area contributed by atoms with Gasteiger partial charge in [-0.25, -0.2) is 15.2 Å². The van der Waals surface area contributed by atoms with Crippen LogP contribution < -0.4 is 11.3 Å². The monoisotopic (exact) mass is 238 g/mol. The third-order valence-corrected chi connectivity index (χ3v) is 2.18. The zero-order valence-corrected chi connectivity index (χ0v) is 10.4. The minimum atomic E-state index is -0.237. The maximum Gasteiger partial charge on any atom is 0.208 e. The third-order valence-electron chi connectivity index (χ3n) is 2.18. The van der Waals surface area contributed by atoms with E-state index in [1.54, 1.807) is 6.07 Å². The smallest absolute Gasteiger partial charge is 0.208 e. The minimum absolute atomic E-state index is 0.149. The van der Waals surface area contributed by atoms with Gasteiger partial charge in [-0.15, -0.1) is 0 Å². The number of halogens is 1. The maximum atomic E-state index is 13.0. The van der Waals surface area contributed by atoms with Crippen molar-refractivity contribution in [1.29, 1.82) is 0 Å². The second-order valence-electron chi connectivity index (χ2n) is 4.18. The second-order valence-corrected chi connectivity index (χ2v) is 4.18. The van der Waals surface area contributed by atoms with Gasteiger partial charge in [0.2, 0.25) is 5.96 Å². The van der Waals surface area contributed by atoms with Gasteiger partial charge in [0.1, 0.15) is 5.82 Å². The summed E-state index contributed by atoms with van der Waals surface area (Å²) in [6.45, 7) is 4.48. The van der Waals surface area contributed by atoms with Crippen LogP contribution in [0.1, 0.15) is 19.4 Å². The second kappa shape index (κ2) is 6.20. The first kappa shape index (κ1) is 13.4. The summed E-state index contributed by atoms with van der Waals surface area (Å²) in [4.78, 5) is 6.17. The first-order valence-electron chi connectivity index (χ1n) is 5.53. The van der Waals surface area contributed by atoms with Gasteiger partial charge in [-0.2, -0.15) is 0 Å². The fourth-order valence-electron chi connectivity index (χ4n) is 1.47. The number of nitrogens with two attached hydrogens (primary N) is 1. The molecule has 94 valence electrons. The quantitative estimate of drug-likeness (QED) is 0.363. The Morgan fingerprint density at radius 3 is 2.76 bits per heavy atom. The summed E-state index contributed by atoms with van der Waals surface area (Å²) >= 11 is 0. The van der Waals surface area contributed by atoms with Gasteiger partial charge in [0.25, 0.3) is 0 Å². The van der Waals surface area contributed by atoms with Gasteiger partial charge in [-0.1, -0.05) is 12.1 Å². The topological polar surface area (TPSA) is 53.6 Å². The fraction of sp³-hybridized carbons (Fsp3) is 0.417. The molecule has 0 bridgehead atoms. The number of aliphatic imine (C=N–C) groups is 1. The number of nitrogens with zero attached hydrogens (tertiary/aromatic N) is 2. The SMILES string of the molecule is CC(C)N=C(NN)N(C)Cc1cccc(F)c1. The number of hydrogen-bond donors (Lipinski definition) is 2. The van der Waals surface area contributed by atoms with Crippen LogP contribution >= 0.6 is 0 Å². The lowest BCUT2D eigenvalue weighted by Crippen LogP contribution is -2.42. The highest BCUT2D eigenvalue weighted by molar-refractivity contribution is 5.79. The van der Waals surface area contributed by atoms with Crippen molar-refractivity contribution in [2.24, 2.45) is 10.8 Å². The third kappa shape index (κ3) is 4.40. The number of hydrazine groups is 1. The standard InChI is InChI=1S/C12H19FN4/c1-9(2)15-12(16-14)17(3)8-10-5-4-6-11(13)7-10/h4-7,9H,8,14H2,1-3H3,(H,15,16). The van der Waals surface area contributed by atoms with Crippen molar-refractivity contribution in [2.45, 2.75) is 26.4 Å². The van der Waals surface area contributed by atoms with Gasteiger partial charge < -0.3 is 4.90 Å². The van der Waals surface area contributed by atoms with Crippen LogP contribution in [0.2, 0.25) is 0 Å². The van der Waals surface area contributed by atoms with E-state index in [2.05, 4.69) is 10.4 Å². The Balaban J connectivity index is 2.74. The Kier molecular flexibility index (Phi) is 4.90. The average molecular weight is 238 g/mol. The van der Waals surface area contributed by atoms with E-state index in [0.717, 1.165) is 5.56 Å². The molecule has 1 rings (SSSR count). The van der Waals surface area contributed by atoms with Gasteiger partial charge in [-0.05, 0) is 31.5 Å². The van der Waals surface area contributed by atoms with Gasteiger partial charge in [-0.3, -0.25) is 5.43 Å². The molecule has 0 heterocycles. The summed E-state index contributed by atoms with van der Waals surface area (Å²) < 4.78 is 13.0. The molecule has 3 N–H and O–H groups in total. The van der Waals surface area contributed by atoms with E-state index in [1.807, 2.05) is 31.9 Å². The summed E-state index contributed by atoms with van der Waals surface area (Å²) in [5.74, 6) is 5.76. The van der Waals surface area contributed by atoms with E-state index >= 15 is 0 Å². The lowest BCUT2D eigenvalue weighted by molar-refractivity contribution is 0.472. The van der Waals surface area contributed by atoms with Gasteiger partial charge in [0.15, 0.2) is 0 Å². The van der Waals surface area contributed by atoms with Crippen LogP contribution in [0.5, 0.6) is 0 Å². The predicted octanol–water partition coefficient (Wildman–Crippen LogP) is 1.49. The number of benzene rings is 1. The summed E-state index contributed by atoms with van der Waals surface area (Å²) in [6.07, 6.45) is 0. The molecule has 5 heteroatoms. The molecule has 4 nitrogen and oxygen atoms in total. The molecule has 0 aliphatic rings. The molecular weight excluding hydrogens is 219 g/mol. The number of rotatable bonds is 3. The molecule has 0 aliphatic heterocycles. The van der Waals surface area contributed by atoms with Crippen molar-refractivity contribution >= 4 is 5.96 Å². The molecule has 0 radical (unpaired) electrons. The Labute approximate surface area is 101 Å². The summed E-state index contributed by atoms with van der Waals surface area (Å²) in [7, 11) is 1.85. The Morgan fingerprint density at radius 2 is 2.24 bits per heavy atom. The number of hydrogen-bond acceptors (Lipinski definition) is 2. The normalized spacial score (nSPS) is 11.8. The molecule has 0 amide bonds. The molecule has 0 saturated carbocycles. The molecule has 0 saturated heterocycles. The maximum absolute atomic E-state index is 13.0. The molecule has 0 spiro atoms. The van der Waals surface area contributed by atoms with E-state index in [-0.39, 0.29) is 11.9 Å². The minimum Gasteiger partial charge on any atom is -0.341 e. The molecule has 0 aliphatic carbocycles. The van der Waals surface area contributed by atoms with Gasteiger partial charge >= 0.3 is 0 Å². The molecular formula is C12H19FN4. The molecule has 17 heavy (non-hydrogen) atoms. The largest absolute Gasteiger partial charge is 0.341 e. The molecule has 1 aromatic carbocycles. The summed E-state index contributed by atoms with van der Waals surface area (Å²) in [5.41, 5.74) is 3.42. The number of guanidine groups is 1. The highest BCUT2D eigenvalue weighted by Gasteiger charge is 2.06. The molecule has 0 aromatic heterocycles. The van der Waals surface area contributed by atoms with E-state index in [9.17, 15) is 4.39 Å². The van der Waals surface area contributed by atoms with Crippen molar-refractivity contribution in [2.75, 3.05) is 7.05 Å². The van der Waals surface area contributed by atoms with Crippen LogP contribution in [0.4, 0.5) is 4.39 Å². The first-order chi connectivity index (χ1) is 8.02. The van der Waals surface area contributed by atoms with Crippen LogP contribution in [-0.4, -0.2) is 23.9 Å². The number of nitrogens with one attached hydrogen (secondary N) is 1. The van der Waals surface area contributed by atoms with E-state index in [4.69, 9.17) is 5.84 Å². The van der Waals surface area contributed by atoms with E-state index < -0.39 is 0 Å². The van der Waals surface area contributed by atoms with Crippen molar-refractivity contribution in [3.05, 3.63) is 35.6 Å². The van der Waals surface area contributed by atoms with Gasteiger partial charge in [0.05, 0.1) is 0 Å². The van der Waals surface area contributed by atoms with Crippen molar-refractivity contribution in [3.63, 3.8) is 0 Å². The zero-order chi connectivity index (χ0) is 12.8. The van der Waals surface area contributed by atoms with Gasteiger partial charge in [0, 0.05) is 19.6 Å². The van der Waals surface area contributed by atoms with Crippen LogP contribution in [-0.2, 0) is 6.54 Å².